The number of fused-ring (bicyclic) bond motifs is 2. The van der Waals surface area contributed by atoms with Crippen LogP contribution in [-0.4, -0.2) is 50.4 Å². The summed E-state index contributed by atoms with van der Waals surface area (Å²) in [5, 5.41) is 13.3. The van der Waals surface area contributed by atoms with Gasteiger partial charge < -0.3 is 24.2 Å². The van der Waals surface area contributed by atoms with Crippen LogP contribution in [0.3, 0.4) is 0 Å². The third kappa shape index (κ3) is 3.70. The summed E-state index contributed by atoms with van der Waals surface area (Å²) in [4.78, 5) is 2.27. The normalized spacial score (nSPS) is 18.4. The Labute approximate surface area is 170 Å². The molecule has 2 aliphatic rings. The van der Waals surface area contributed by atoms with E-state index in [1.54, 1.807) is 14.2 Å². The molecule has 0 aromatic heterocycles. The summed E-state index contributed by atoms with van der Waals surface area (Å²) in [6.07, 6.45) is 2.05. The van der Waals surface area contributed by atoms with Crippen molar-refractivity contribution in [2.24, 2.45) is 5.16 Å². The van der Waals surface area contributed by atoms with E-state index in [0.29, 0.717) is 30.1 Å². The second kappa shape index (κ2) is 8.21. The van der Waals surface area contributed by atoms with Gasteiger partial charge in [0, 0.05) is 31.0 Å². The van der Waals surface area contributed by atoms with Gasteiger partial charge in [0.05, 0.1) is 19.9 Å². The number of nitrogens with zero attached hydrogens (tertiary/aromatic N) is 2. The maximum Gasteiger partial charge on any atom is 0.231 e. The van der Waals surface area contributed by atoms with E-state index in [-0.39, 0.29) is 12.8 Å². The molecule has 0 radical (unpaired) electrons. The van der Waals surface area contributed by atoms with Gasteiger partial charge in [-0.25, -0.2) is 0 Å². The largest absolute Gasteiger partial charge is 0.497 e. The molecule has 1 N–H and O–H groups in total. The third-order valence-electron chi connectivity index (χ3n) is 5.68. The highest BCUT2D eigenvalue weighted by molar-refractivity contribution is 5.87. The molecule has 0 aliphatic carbocycles. The Morgan fingerprint density at radius 3 is 2.69 bits per heavy atom. The zero-order valence-corrected chi connectivity index (χ0v) is 17.0. The lowest BCUT2D eigenvalue weighted by molar-refractivity contribution is 0.170. The Hall–Kier alpha value is -2.93. The predicted molar refractivity (Wildman–Crippen MR) is 109 cm³/mol. The van der Waals surface area contributed by atoms with Gasteiger partial charge in [-0.3, -0.25) is 4.90 Å². The number of likely N-dealkylation sites (N-methyl/N-ethyl adjacent to an activating group) is 1. The van der Waals surface area contributed by atoms with E-state index in [2.05, 4.69) is 23.2 Å². The zero-order chi connectivity index (χ0) is 20.4. The molecule has 0 spiro atoms. The van der Waals surface area contributed by atoms with Gasteiger partial charge in [0.25, 0.3) is 0 Å². The molecule has 0 saturated carbocycles. The zero-order valence-electron chi connectivity index (χ0n) is 17.0. The van der Waals surface area contributed by atoms with Gasteiger partial charge in [-0.1, -0.05) is 17.3 Å². The molecule has 2 aliphatic heterocycles. The first-order chi connectivity index (χ1) is 14.1. The average Bonchev–Trinajstić information content (AvgIpc) is 3.22. The summed E-state index contributed by atoms with van der Waals surface area (Å²) in [7, 11) is 5.38. The predicted octanol–water partition coefficient (Wildman–Crippen LogP) is 3.42. The van der Waals surface area contributed by atoms with Crippen LogP contribution in [0.4, 0.5) is 0 Å². The summed E-state index contributed by atoms with van der Waals surface area (Å²) in [5.41, 5.74) is 4.05. The highest BCUT2D eigenvalue weighted by atomic mass is 16.7. The van der Waals surface area contributed by atoms with Gasteiger partial charge in [-0.05, 0) is 42.8 Å². The van der Waals surface area contributed by atoms with Gasteiger partial charge in [0.2, 0.25) is 12.5 Å². The molecular weight excluding hydrogens is 372 g/mol. The standard InChI is InChI=1S/C22H26N2O5/c1-24-9-8-15-11-19-21(29-13-28-19)22(27-3)20(15)18(24)12-16(23-25)10-14-4-6-17(26-2)7-5-14/h4-7,11,18,25H,8-10,12-13H2,1-3H3/b23-16+/t18-/m1/s1. The monoisotopic (exact) mass is 398 g/mol. The SMILES string of the molecule is COc1ccc(C/C(C[C@@H]2c3c(cc4c(c3OC)OCO4)CCN2C)=N\O)cc1. The van der Waals surface area contributed by atoms with Crippen molar-refractivity contribution in [3.8, 4) is 23.0 Å². The molecule has 0 fully saturated rings. The lowest BCUT2D eigenvalue weighted by Gasteiger charge is -2.36. The molecule has 7 nitrogen and oxygen atoms in total. The fraction of sp³-hybridized carbons (Fsp3) is 0.409. The summed E-state index contributed by atoms with van der Waals surface area (Å²) in [6, 6.07) is 9.88. The minimum absolute atomic E-state index is 0.0207. The third-order valence-corrected chi connectivity index (χ3v) is 5.68. The van der Waals surface area contributed by atoms with E-state index in [1.807, 2.05) is 24.3 Å². The van der Waals surface area contributed by atoms with Crippen molar-refractivity contribution in [3.63, 3.8) is 0 Å². The van der Waals surface area contributed by atoms with Crippen LogP contribution < -0.4 is 18.9 Å². The van der Waals surface area contributed by atoms with Crippen LogP contribution in [0.5, 0.6) is 23.0 Å². The molecule has 2 aromatic rings. The van der Waals surface area contributed by atoms with Gasteiger partial charge in [-0.15, -0.1) is 0 Å². The molecule has 0 bridgehead atoms. The molecule has 2 heterocycles. The Kier molecular flexibility index (Phi) is 5.49. The highest BCUT2D eigenvalue weighted by Crippen LogP contribution is 2.50. The molecule has 154 valence electrons. The molecule has 29 heavy (non-hydrogen) atoms. The number of methoxy groups -OCH3 is 2. The fourth-order valence-electron chi connectivity index (χ4n) is 4.13. The van der Waals surface area contributed by atoms with Crippen molar-refractivity contribution in [2.45, 2.75) is 25.3 Å². The second-order valence-electron chi connectivity index (χ2n) is 7.36. The number of ether oxygens (including phenoxy) is 4. The van der Waals surface area contributed by atoms with E-state index < -0.39 is 0 Å². The highest BCUT2D eigenvalue weighted by Gasteiger charge is 2.34. The maximum absolute atomic E-state index is 9.70. The lowest BCUT2D eigenvalue weighted by atomic mass is 9.87. The van der Waals surface area contributed by atoms with E-state index in [9.17, 15) is 5.21 Å². The van der Waals surface area contributed by atoms with Crippen molar-refractivity contribution < 1.29 is 24.2 Å². The molecule has 2 aromatic carbocycles. The van der Waals surface area contributed by atoms with Crippen molar-refractivity contribution in [1.82, 2.24) is 4.90 Å². The number of hydrogen-bond donors (Lipinski definition) is 1. The van der Waals surface area contributed by atoms with Gasteiger partial charge in [0.15, 0.2) is 11.5 Å². The second-order valence-corrected chi connectivity index (χ2v) is 7.36. The van der Waals surface area contributed by atoms with Crippen molar-refractivity contribution in [1.29, 1.82) is 0 Å². The number of rotatable bonds is 6. The van der Waals surface area contributed by atoms with E-state index in [0.717, 1.165) is 35.6 Å². The smallest absolute Gasteiger partial charge is 0.231 e. The summed E-state index contributed by atoms with van der Waals surface area (Å²) in [5.74, 6) is 2.91. The lowest BCUT2D eigenvalue weighted by Crippen LogP contribution is -2.34. The van der Waals surface area contributed by atoms with Crippen LogP contribution in [-0.2, 0) is 12.8 Å². The van der Waals surface area contributed by atoms with Crippen LogP contribution in [0.15, 0.2) is 35.5 Å². The van der Waals surface area contributed by atoms with Crippen LogP contribution in [0.1, 0.15) is 29.2 Å². The molecular formula is C22H26N2O5. The van der Waals surface area contributed by atoms with Crippen LogP contribution in [0, 0.1) is 0 Å². The van der Waals surface area contributed by atoms with E-state index >= 15 is 0 Å². The molecule has 1 atom stereocenters. The molecule has 0 amide bonds. The van der Waals surface area contributed by atoms with Crippen molar-refractivity contribution in [3.05, 3.63) is 47.0 Å². The first-order valence-electron chi connectivity index (χ1n) is 9.67. The molecule has 4 rings (SSSR count). The van der Waals surface area contributed by atoms with E-state index in [1.165, 1.54) is 5.56 Å². The van der Waals surface area contributed by atoms with E-state index in [4.69, 9.17) is 18.9 Å². The molecule has 0 saturated heterocycles. The quantitative estimate of drug-likeness (QED) is 0.457. The van der Waals surface area contributed by atoms with Crippen LogP contribution in [0.25, 0.3) is 0 Å². The summed E-state index contributed by atoms with van der Waals surface area (Å²) in [6.45, 7) is 1.11. The average molecular weight is 398 g/mol. The molecule has 0 unspecified atom stereocenters. The van der Waals surface area contributed by atoms with Crippen molar-refractivity contribution in [2.75, 3.05) is 34.6 Å². The summed E-state index contributed by atoms with van der Waals surface area (Å²) >= 11 is 0. The Balaban J connectivity index is 1.63. The van der Waals surface area contributed by atoms with Gasteiger partial charge in [-0.2, -0.15) is 0 Å². The van der Waals surface area contributed by atoms with Crippen LogP contribution in [0.2, 0.25) is 0 Å². The number of oxime groups is 1. The Morgan fingerprint density at radius 1 is 1.21 bits per heavy atom. The number of benzene rings is 2. The first-order valence-corrected chi connectivity index (χ1v) is 9.67. The number of hydrogen-bond acceptors (Lipinski definition) is 7. The Morgan fingerprint density at radius 2 is 2.00 bits per heavy atom. The summed E-state index contributed by atoms with van der Waals surface area (Å²) < 4.78 is 22.2. The molecule has 7 heteroatoms. The van der Waals surface area contributed by atoms with Gasteiger partial charge in [0.1, 0.15) is 5.75 Å². The first kappa shape index (κ1) is 19.4. The maximum atomic E-state index is 9.70. The Bertz CT molecular complexity index is 910. The van der Waals surface area contributed by atoms with Crippen LogP contribution >= 0.6 is 0 Å². The van der Waals surface area contributed by atoms with Gasteiger partial charge >= 0.3 is 0 Å². The van der Waals surface area contributed by atoms with Crippen molar-refractivity contribution >= 4 is 5.71 Å². The minimum Gasteiger partial charge on any atom is -0.497 e. The topological polar surface area (TPSA) is 72.8 Å². The fourth-order valence-corrected chi connectivity index (χ4v) is 4.13. The minimum atomic E-state index is 0.0207.